The number of benzene rings is 1. The number of thiophene rings is 1. The normalized spacial score (nSPS) is 10.5. The predicted octanol–water partition coefficient (Wildman–Crippen LogP) is 4.63. The molecule has 1 aromatic heterocycles. The summed E-state index contributed by atoms with van der Waals surface area (Å²) in [5.74, 6) is 0.225. The molecule has 1 heterocycles. The molecule has 3 heteroatoms. The van der Waals surface area contributed by atoms with Crippen molar-refractivity contribution in [2.75, 3.05) is 0 Å². The molecule has 0 aliphatic carbocycles. The molecule has 0 aliphatic heterocycles. The highest BCUT2D eigenvalue weighted by Gasteiger charge is 2.09. The molecule has 0 unspecified atom stereocenters. The minimum Gasteiger partial charge on any atom is -0.294 e. The number of Topliss-reactive ketones (excluding diaryl/α,β-unsaturated/α-hetero) is 1. The minimum absolute atomic E-state index is 0.225. The first-order valence-electron chi connectivity index (χ1n) is 5.48. The van der Waals surface area contributed by atoms with Gasteiger partial charge in [-0.05, 0) is 42.5 Å². The van der Waals surface area contributed by atoms with Crippen LogP contribution in [0.2, 0.25) is 0 Å². The zero-order valence-electron chi connectivity index (χ0n) is 9.57. The molecule has 0 spiro atoms. The molecule has 0 atom stereocenters. The summed E-state index contributed by atoms with van der Waals surface area (Å²) >= 11 is 5.11. The summed E-state index contributed by atoms with van der Waals surface area (Å²) in [4.78, 5) is 13.3. The molecule has 1 aromatic carbocycles. The molecule has 2 aromatic rings. The van der Waals surface area contributed by atoms with Crippen LogP contribution in [0, 0.1) is 6.92 Å². The SMILES string of the molecule is Cc1cc(Br)ccc1C(=O)CCc1cccs1. The lowest BCUT2D eigenvalue weighted by atomic mass is 10.0. The average Bonchev–Trinajstić information content (AvgIpc) is 2.78. The van der Waals surface area contributed by atoms with E-state index in [4.69, 9.17) is 0 Å². The Morgan fingerprint density at radius 3 is 2.82 bits per heavy atom. The van der Waals surface area contributed by atoms with Gasteiger partial charge in [-0.1, -0.05) is 28.1 Å². The maximum atomic E-state index is 12.1. The number of carbonyl (C=O) groups excluding carboxylic acids is 1. The van der Waals surface area contributed by atoms with Gasteiger partial charge in [0.15, 0.2) is 5.78 Å². The third-order valence-corrected chi connectivity index (χ3v) is 4.10. The van der Waals surface area contributed by atoms with Gasteiger partial charge in [-0.25, -0.2) is 0 Å². The molecule has 0 saturated carbocycles. The summed E-state index contributed by atoms with van der Waals surface area (Å²) < 4.78 is 1.02. The zero-order chi connectivity index (χ0) is 12.3. The van der Waals surface area contributed by atoms with E-state index >= 15 is 0 Å². The summed E-state index contributed by atoms with van der Waals surface area (Å²) in [5.41, 5.74) is 1.88. The highest BCUT2D eigenvalue weighted by molar-refractivity contribution is 9.10. The molecular weight excluding hydrogens is 296 g/mol. The molecule has 0 amide bonds. The highest BCUT2D eigenvalue weighted by Crippen LogP contribution is 2.19. The van der Waals surface area contributed by atoms with Crippen molar-refractivity contribution in [3.63, 3.8) is 0 Å². The van der Waals surface area contributed by atoms with Crippen LogP contribution in [0.1, 0.15) is 27.2 Å². The van der Waals surface area contributed by atoms with E-state index in [1.165, 1.54) is 4.88 Å². The first-order chi connectivity index (χ1) is 8.16. The Balaban J connectivity index is 2.04. The Hall–Kier alpha value is -0.930. The fraction of sp³-hybridized carbons (Fsp3) is 0.214. The van der Waals surface area contributed by atoms with Crippen LogP contribution >= 0.6 is 27.3 Å². The Morgan fingerprint density at radius 1 is 1.35 bits per heavy atom. The Morgan fingerprint density at radius 2 is 2.18 bits per heavy atom. The summed E-state index contributed by atoms with van der Waals surface area (Å²) in [6, 6.07) is 9.90. The summed E-state index contributed by atoms with van der Waals surface area (Å²) in [6.07, 6.45) is 1.43. The number of hydrogen-bond donors (Lipinski definition) is 0. The van der Waals surface area contributed by atoms with Crippen molar-refractivity contribution in [3.8, 4) is 0 Å². The molecule has 0 fully saturated rings. The topological polar surface area (TPSA) is 17.1 Å². The molecule has 0 N–H and O–H groups in total. The lowest BCUT2D eigenvalue weighted by Crippen LogP contribution is -2.02. The first kappa shape index (κ1) is 12.5. The number of rotatable bonds is 4. The molecule has 1 nitrogen and oxygen atoms in total. The number of hydrogen-bond acceptors (Lipinski definition) is 2. The Labute approximate surface area is 114 Å². The van der Waals surface area contributed by atoms with E-state index in [-0.39, 0.29) is 5.78 Å². The van der Waals surface area contributed by atoms with E-state index in [9.17, 15) is 4.79 Å². The van der Waals surface area contributed by atoms with Gasteiger partial charge in [0.2, 0.25) is 0 Å². The molecule has 88 valence electrons. The van der Waals surface area contributed by atoms with Crippen LogP contribution in [-0.2, 0) is 6.42 Å². The van der Waals surface area contributed by atoms with Gasteiger partial charge in [0.05, 0.1) is 0 Å². The van der Waals surface area contributed by atoms with E-state index in [1.807, 2.05) is 36.6 Å². The van der Waals surface area contributed by atoms with E-state index < -0.39 is 0 Å². The van der Waals surface area contributed by atoms with Crippen LogP contribution in [-0.4, -0.2) is 5.78 Å². The summed E-state index contributed by atoms with van der Waals surface area (Å²) in [7, 11) is 0. The van der Waals surface area contributed by atoms with Gasteiger partial charge in [0.25, 0.3) is 0 Å². The lowest BCUT2D eigenvalue weighted by molar-refractivity contribution is 0.0982. The second-order valence-corrected chi connectivity index (χ2v) is 5.91. The van der Waals surface area contributed by atoms with Crippen LogP contribution in [0.4, 0.5) is 0 Å². The van der Waals surface area contributed by atoms with Gasteiger partial charge in [-0.2, -0.15) is 0 Å². The maximum Gasteiger partial charge on any atom is 0.163 e. The second kappa shape index (κ2) is 5.61. The van der Waals surface area contributed by atoms with Gasteiger partial charge in [0, 0.05) is 21.3 Å². The van der Waals surface area contributed by atoms with Crippen molar-refractivity contribution >= 4 is 33.0 Å². The quantitative estimate of drug-likeness (QED) is 0.752. The zero-order valence-corrected chi connectivity index (χ0v) is 12.0. The van der Waals surface area contributed by atoms with Gasteiger partial charge < -0.3 is 0 Å². The standard InChI is InChI=1S/C14H13BrOS/c1-10-9-11(15)4-6-13(10)14(16)7-5-12-3-2-8-17-12/h2-4,6,8-9H,5,7H2,1H3. The molecule has 0 aliphatic rings. The van der Waals surface area contributed by atoms with Crippen molar-refractivity contribution < 1.29 is 4.79 Å². The smallest absolute Gasteiger partial charge is 0.163 e. The monoisotopic (exact) mass is 308 g/mol. The third kappa shape index (κ3) is 3.27. The van der Waals surface area contributed by atoms with Crippen molar-refractivity contribution in [2.45, 2.75) is 19.8 Å². The van der Waals surface area contributed by atoms with Crippen molar-refractivity contribution in [2.24, 2.45) is 0 Å². The fourth-order valence-electron chi connectivity index (χ4n) is 1.77. The van der Waals surface area contributed by atoms with Crippen LogP contribution in [0.25, 0.3) is 0 Å². The van der Waals surface area contributed by atoms with Crippen LogP contribution < -0.4 is 0 Å². The number of aryl methyl sites for hydroxylation is 2. The number of carbonyl (C=O) groups is 1. The first-order valence-corrected chi connectivity index (χ1v) is 7.16. The van der Waals surface area contributed by atoms with Crippen molar-refractivity contribution in [1.29, 1.82) is 0 Å². The number of halogens is 1. The van der Waals surface area contributed by atoms with Crippen LogP contribution in [0.3, 0.4) is 0 Å². The van der Waals surface area contributed by atoms with Gasteiger partial charge in [-0.15, -0.1) is 11.3 Å². The summed E-state index contributed by atoms with van der Waals surface area (Å²) in [5, 5.41) is 2.05. The van der Waals surface area contributed by atoms with Gasteiger partial charge >= 0.3 is 0 Å². The molecular formula is C14H13BrOS. The third-order valence-electron chi connectivity index (χ3n) is 2.67. The van der Waals surface area contributed by atoms with Gasteiger partial charge in [-0.3, -0.25) is 4.79 Å². The van der Waals surface area contributed by atoms with E-state index in [2.05, 4.69) is 22.0 Å². The second-order valence-electron chi connectivity index (χ2n) is 3.96. The highest BCUT2D eigenvalue weighted by atomic mass is 79.9. The minimum atomic E-state index is 0.225. The Kier molecular flexibility index (Phi) is 4.13. The fourth-order valence-corrected chi connectivity index (χ4v) is 2.95. The molecule has 2 rings (SSSR count). The molecule has 0 saturated heterocycles. The van der Waals surface area contributed by atoms with Crippen molar-refractivity contribution in [3.05, 3.63) is 56.2 Å². The molecule has 0 bridgehead atoms. The van der Waals surface area contributed by atoms with Crippen LogP contribution in [0.15, 0.2) is 40.2 Å². The largest absolute Gasteiger partial charge is 0.294 e. The van der Waals surface area contributed by atoms with Crippen LogP contribution in [0.5, 0.6) is 0 Å². The Bertz CT molecular complexity index is 517. The summed E-state index contributed by atoms with van der Waals surface area (Å²) in [6.45, 7) is 1.98. The molecule has 17 heavy (non-hydrogen) atoms. The van der Waals surface area contributed by atoms with E-state index in [0.29, 0.717) is 6.42 Å². The lowest BCUT2D eigenvalue weighted by Gasteiger charge is -2.04. The maximum absolute atomic E-state index is 12.1. The van der Waals surface area contributed by atoms with Gasteiger partial charge in [0.1, 0.15) is 0 Å². The van der Waals surface area contributed by atoms with E-state index in [1.54, 1.807) is 11.3 Å². The van der Waals surface area contributed by atoms with Crippen molar-refractivity contribution in [1.82, 2.24) is 0 Å². The predicted molar refractivity (Wildman–Crippen MR) is 75.8 cm³/mol. The molecule has 0 radical (unpaired) electrons. The number of ketones is 1. The van der Waals surface area contributed by atoms with E-state index in [0.717, 1.165) is 22.0 Å². The average molecular weight is 309 g/mol.